The number of hydrogen-bond donors (Lipinski definition) is 2. The molecular formula is C21H16ClN7O3S. The molecule has 5 heterocycles. The van der Waals surface area contributed by atoms with Crippen LogP contribution in [0.3, 0.4) is 0 Å². The maximum absolute atomic E-state index is 12.4. The number of thiophene rings is 1. The number of rotatable bonds is 2. The number of hydrogen-bond acceptors (Lipinski definition) is 9. The van der Waals surface area contributed by atoms with E-state index in [0.717, 1.165) is 15.8 Å². The van der Waals surface area contributed by atoms with E-state index in [1.54, 1.807) is 11.9 Å². The van der Waals surface area contributed by atoms with Gasteiger partial charge in [0.25, 0.3) is 5.91 Å². The van der Waals surface area contributed by atoms with Gasteiger partial charge in [0.05, 0.1) is 47.1 Å². The van der Waals surface area contributed by atoms with Gasteiger partial charge in [0.1, 0.15) is 4.88 Å². The van der Waals surface area contributed by atoms with Crippen LogP contribution in [0.15, 0.2) is 18.3 Å². The lowest BCUT2D eigenvalue weighted by Gasteiger charge is -2.25. The molecular weight excluding hydrogens is 466 g/mol. The predicted molar refractivity (Wildman–Crippen MR) is 123 cm³/mol. The van der Waals surface area contributed by atoms with Gasteiger partial charge in [-0.15, -0.1) is 11.3 Å². The van der Waals surface area contributed by atoms with Crippen molar-refractivity contribution in [1.29, 1.82) is 0 Å². The molecule has 2 N–H and O–H groups in total. The van der Waals surface area contributed by atoms with Gasteiger partial charge in [-0.2, -0.15) is 4.98 Å². The third-order valence-electron chi connectivity index (χ3n) is 5.63. The topological polar surface area (TPSA) is 122 Å². The lowest BCUT2D eigenvalue weighted by atomic mass is 10.1. The third kappa shape index (κ3) is 3.31. The summed E-state index contributed by atoms with van der Waals surface area (Å²) in [6.07, 6.45) is 1.65. The molecule has 33 heavy (non-hydrogen) atoms. The Labute approximate surface area is 196 Å². The second kappa shape index (κ2) is 7.49. The SMILES string of the molecule is CN1Cc2c(nc(Cl)nc2Oc2cnc3c(ccc4sc5c(c43)NCCNC5=O)n2)CC1=O. The molecule has 0 fully saturated rings. The summed E-state index contributed by atoms with van der Waals surface area (Å²) in [5, 5.41) is 7.09. The van der Waals surface area contributed by atoms with Crippen LogP contribution in [0.5, 0.6) is 11.8 Å². The second-order valence-electron chi connectivity index (χ2n) is 7.76. The predicted octanol–water partition coefficient (Wildman–Crippen LogP) is 2.75. The number of amides is 2. The largest absolute Gasteiger partial charge is 0.418 e. The molecule has 166 valence electrons. The van der Waals surface area contributed by atoms with Gasteiger partial charge < -0.3 is 20.3 Å². The van der Waals surface area contributed by atoms with Crippen LogP contribution < -0.4 is 15.4 Å². The Hall–Kier alpha value is -3.57. The maximum atomic E-state index is 12.4. The highest BCUT2D eigenvalue weighted by atomic mass is 35.5. The summed E-state index contributed by atoms with van der Waals surface area (Å²) >= 11 is 7.49. The fourth-order valence-electron chi connectivity index (χ4n) is 4.04. The summed E-state index contributed by atoms with van der Waals surface area (Å²) in [6.45, 7) is 1.51. The molecule has 0 saturated heterocycles. The molecule has 0 aliphatic carbocycles. The number of benzene rings is 1. The Kier molecular flexibility index (Phi) is 4.56. The number of halogens is 1. The van der Waals surface area contributed by atoms with Crippen LogP contribution in [0.25, 0.3) is 21.1 Å². The van der Waals surface area contributed by atoms with E-state index >= 15 is 0 Å². The van der Waals surface area contributed by atoms with E-state index in [4.69, 9.17) is 16.3 Å². The van der Waals surface area contributed by atoms with E-state index < -0.39 is 0 Å². The summed E-state index contributed by atoms with van der Waals surface area (Å²) in [5.41, 5.74) is 3.31. The number of ether oxygens (including phenoxy) is 1. The minimum atomic E-state index is -0.0915. The Morgan fingerprint density at radius 2 is 2.00 bits per heavy atom. The Balaban J connectivity index is 1.43. The van der Waals surface area contributed by atoms with E-state index in [9.17, 15) is 9.59 Å². The molecule has 0 saturated carbocycles. The lowest BCUT2D eigenvalue weighted by molar-refractivity contribution is -0.130. The van der Waals surface area contributed by atoms with Crippen LogP contribution in [-0.4, -0.2) is 56.8 Å². The molecule has 6 rings (SSSR count). The molecule has 0 bridgehead atoms. The van der Waals surface area contributed by atoms with E-state index in [1.807, 2.05) is 12.1 Å². The first-order valence-corrected chi connectivity index (χ1v) is 11.4. The number of carbonyl (C=O) groups excluding carboxylic acids is 2. The van der Waals surface area contributed by atoms with Crippen LogP contribution in [0.2, 0.25) is 5.28 Å². The van der Waals surface area contributed by atoms with E-state index in [2.05, 4.69) is 30.6 Å². The third-order valence-corrected chi connectivity index (χ3v) is 6.95. The highest BCUT2D eigenvalue weighted by Gasteiger charge is 2.27. The van der Waals surface area contributed by atoms with E-state index in [1.165, 1.54) is 17.5 Å². The quantitative estimate of drug-likeness (QED) is 0.419. The molecule has 2 aliphatic rings. The van der Waals surface area contributed by atoms with Gasteiger partial charge in [0.15, 0.2) is 0 Å². The Morgan fingerprint density at radius 1 is 1.15 bits per heavy atom. The van der Waals surface area contributed by atoms with Gasteiger partial charge in [-0.3, -0.25) is 9.59 Å². The number of nitrogens with one attached hydrogen (secondary N) is 2. The van der Waals surface area contributed by atoms with E-state index in [0.29, 0.717) is 46.8 Å². The molecule has 0 radical (unpaired) electrons. The summed E-state index contributed by atoms with van der Waals surface area (Å²) in [5.74, 6) is 0.355. The van der Waals surface area contributed by atoms with Gasteiger partial charge in [-0.25, -0.2) is 15.0 Å². The lowest BCUT2D eigenvalue weighted by Crippen LogP contribution is -2.33. The zero-order valence-corrected chi connectivity index (χ0v) is 18.9. The van der Waals surface area contributed by atoms with Crippen molar-refractivity contribution in [2.75, 3.05) is 25.5 Å². The summed E-state index contributed by atoms with van der Waals surface area (Å²) in [6, 6.07) is 3.77. The van der Waals surface area contributed by atoms with Crippen molar-refractivity contribution in [3.05, 3.63) is 39.7 Å². The average molecular weight is 482 g/mol. The monoisotopic (exact) mass is 481 g/mol. The minimum absolute atomic E-state index is 0.00174. The van der Waals surface area contributed by atoms with Crippen molar-refractivity contribution < 1.29 is 14.3 Å². The Bertz CT molecular complexity index is 1490. The normalized spacial score (nSPS) is 15.6. The van der Waals surface area contributed by atoms with Crippen molar-refractivity contribution in [3.8, 4) is 11.8 Å². The minimum Gasteiger partial charge on any atom is -0.418 e. The summed E-state index contributed by atoms with van der Waals surface area (Å²) < 4.78 is 6.92. The van der Waals surface area contributed by atoms with Crippen molar-refractivity contribution in [1.82, 2.24) is 30.2 Å². The molecule has 4 aromatic rings. The molecule has 0 atom stereocenters. The summed E-state index contributed by atoms with van der Waals surface area (Å²) in [4.78, 5) is 44.3. The van der Waals surface area contributed by atoms with Crippen molar-refractivity contribution in [3.63, 3.8) is 0 Å². The first kappa shape index (κ1) is 20.1. The molecule has 2 aliphatic heterocycles. The zero-order chi connectivity index (χ0) is 22.7. The molecule has 10 nitrogen and oxygen atoms in total. The highest BCUT2D eigenvalue weighted by molar-refractivity contribution is 7.21. The van der Waals surface area contributed by atoms with Gasteiger partial charge in [0.2, 0.25) is 23.0 Å². The van der Waals surface area contributed by atoms with Gasteiger partial charge >= 0.3 is 0 Å². The number of anilines is 1. The van der Waals surface area contributed by atoms with E-state index in [-0.39, 0.29) is 35.3 Å². The number of carbonyl (C=O) groups is 2. The van der Waals surface area contributed by atoms with Gasteiger partial charge in [0, 0.05) is 30.2 Å². The fourth-order valence-corrected chi connectivity index (χ4v) is 5.32. The molecule has 0 unspecified atom stereocenters. The van der Waals surface area contributed by atoms with Crippen LogP contribution in [0.1, 0.15) is 20.9 Å². The summed E-state index contributed by atoms with van der Waals surface area (Å²) in [7, 11) is 1.71. The van der Waals surface area contributed by atoms with Crippen molar-refractivity contribution in [2.45, 2.75) is 13.0 Å². The van der Waals surface area contributed by atoms with Crippen LogP contribution >= 0.6 is 22.9 Å². The smallest absolute Gasteiger partial charge is 0.263 e. The number of fused-ring (bicyclic) bond motifs is 6. The number of likely N-dealkylation sites (N-methyl/N-ethyl adjacent to an activating group) is 1. The van der Waals surface area contributed by atoms with Crippen LogP contribution in [0.4, 0.5) is 5.69 Å². The molecule has 3 aromatic heterocycles. The fraction of sp³-hybridized carbons (Fsp3) is 0.238. The first-order valence-electron chi connectivity index (χ1n) is 10.2. The second-order valence-corrected chi connectivity index (χ2v) is 9.15. The molecule has 0 spiro atoms. The molecule has 1 aromatic carbocycles. The maximum Gasteiger partial charge on any atom is 0.263 e. The van der Waals surface area contributed by atoms with Gasteiger partial charge in [-0.1, -0.05) is 0 Å². The van der Waals surface area contributed by atoms with Crippen LogP contribution in [0, 0.1) is 0 Å². The molecule has 12 heteroatoms. The highest BCUT2D eigenvalue weighted by Crippen LogP contribution is 2.40. The van der Waals surface area contributed by atoms with Crippen molar-refractivity contribution >= 4 is 61.6 Å². The standard InChI is InChI=1S/C21H16ClN7O3S/c1-29-8-9-11(6-14(29)30)27-21(22)28-20(9)32-13-7-25-16-10(26-13)2-3-12-15(16)17-18(33-12)19(31)24-5-4-23-17/h2-3,7,23H,4-6,8H2,1H3,(H,24,31). The number of aromatic nitrogens is 4. The van der Waals surface area contributed by atoms with Crippen LogP contribution in [-0.2, 0) is 17.8 Å². The van der Waals surface area contributed by atoms with Crippen molar-refractivity contribution in [2.24, 2.45) is 0 Å². The Morgan fingerprint density at radius 3 is 2.88 bits per heavy atom. The van der Waals surface area contributed by atoms with Gasteiger partial charge in [-0.05, 0) is 23.7 Å². The zero-order valence-electron chi connectivity index (χ0n) is 17.3. The first-order chi connectivity index (χ1) is 16.0. The molecule has 2 amide bonds. The average Bonchev–Trinajstić information content (AvgIpc) is 3.07. The number of nitrogens with zero attached hydrogens (tertiary/aromatic N) is 5.